The van der Waals surface area contributed by atoms with Crippen LogP contribution in [0.1, 0.15) is 37.5 Å². The summed E-state index contributed by atoms with van der Waals surface area (Å²) in [7, 11) is 0. The number of para-hydroxylation sites is 1. The fourth-order valence-electron chi connectivity index (χ4n) is 2.34. The SMILES string of the molecule is CC(C)(C)c1c(C#N)cnc2c(C(F)(F)F)cccc12. The van der Waals surface area contributed by atoms with Crippen LogP contribution >= 0.6 is 0 Å². The van der Waals surface area contributed by atoms with Crippen molar-refractivity contribution in [2.75, 3.05) is 0 Å². The first-order valence-electron chi connectivity index (χ1n) is 6.06. The Labute approximate surface area is 114 Å². The number of benzene rings is 1. The predicted molar refractivity (Wildman–Crippen MR) is 70.2 cm³/mol. The van der Waals surface area contributed by atoms with Crippen LogP contribution in [0.15, 0.2) is 24.4 Å². The molecule has 0 radical (unpaired) electrons. The summed E-state index contributed by atoms with van der Waals surface area (Å²) in [4.78, 5) is 3.85. The third kappa shape index (κ3) is 2.34. The molecule has 5 heteroatoms. The fourth-order valence-corrected chi connectivity index (χ4v) is 2.34. The summed E-state index contributed by atoms with van der Waals surface area (Å²) >= 11 is 0. The normalized spacial score (nSPS) is 12.4. The first-order chi connectivity index (χ1) is 9.16. The summed E-state index contributed by atoms with van der Waals surface area (Å²) in [6.45, 7) is 5.59. The number of rotatable bonds is 0. The third-order valence-electron chi connectivity index (χ3n) is 3.07. The summed E-state index contributed by atoms with van der Waals surface area (Å²) in [5.74, 6) is 0. The number of nitrogens with zero attached hydrogens (tertiary/aromatic N) is 2. The topological polar surface area (TPSA) is 36.7 Å². The van der Waals surface area contributed by atoms with Crippen LogP contribution in [0.2, 0.25) is 0 Å². The molecule has 0 aliphatic carbocycles. The second-order valence-electron chi connectivity index (χ2n) is 5.61. The van der Waals surface area contributed by atoms with E-state index in [1.807, 2.05) is 26.8 Å². The Kier molecular flexibility index (Phi) is 3.21. The van der Waals surface area contributed by atoms with Crippen LogP contribution < -0.4 is 0 Å². The number of pyridine rings is 1. The van der Waals surface area contributed by atoms with Crippen LogP contribution in [-0.4, -0.2) is 4.98 Å². The molecule has 2 aromatic rings. The van der Waals surface area contributed by atoms with Crippen molar-refractivity contribution in [1.29, 1.82) is 5.26 Å². The zero-order chi connectivity index (χ0) is 15.1. The van der Waals surface area contributed by atoms with Gasteiger partial charge in [0.2, 0.25) is 0 Å². The smallest absolute Gasteiger partial charge is 0.254 e. The van der Waals surface area contributed by atoms with Gasteiger partial charge in [-0.15, -0.1) is 0 Å². The molecular weight excluding hydrogens is 265 g/mol. The van der Waals surface area contributed by atoms with Gasteiger partial charge >= 0.3 is 6.18 Å². The van der Waals surface area contributed by atoms with Gasteiger partial charge in [-0.2, -0.15) is 18.4 Å². The maximum atomic E-state index is 13.0. The van der Waals surface area contributed by atoms with Gasteiger partial charge in [0.1, 0.15) is 6.07 Å². The molecule has 2 rings (SSSR count). The van der Waals surface area contributed by atoms with E-state index in [4.69, 9.17) is 5.26 Å². The van der Waals surface area contributed by atoms with Crippen molar-refractivity contribution >= 4 is 10.9 Å². The third-order valence-corrected chi connectivity index (χ3v) is 3.07. The van der Waals surface area contributed by atoms with E-state index in [2.05, 4.69) is 4.98 Å². The summed E-state index contributed by atoms with van der Waals surface area (Å²) < 4.78 is 39.1. The van der Waals surface area contributed by atoms with Gasteiger partial charge in [0.15, 0.2) is 0 Å². The van der Waals surface area contributed by atoms with E-state index in [1.54, 1.807) is 6.07 Å². The molecule has 0 spiro atoms. The number of halogens is 3. The molecule has 0 fully saturated rings. The van der Waals surface area contributed by atoms with Gasteiger partial charge in [-0.3, -0.25) is 4.98 Å². The van der Waals surface area contributed by atoms with Gasteiger partial charge < -0.3 is 0 Å². The van der Waals surface area contributed by atoms with Crippen LogP contribution in [0, 0.1) is 11.3 Å². The van der Waals surface area contributed by atoms with E-state index in [9.17, 15) is 13.2 Å². The lowest BCUT2D eigenvalue weighted by Gasteiger charge is -2.23. The second kappa shape index (κ2) is 4.48. The van der Waals surface area contributed by atoms with Gasteiger partial charge in [0.25, 0.3) is 0 Å². The standard InChI is InChI=1S/C15H13F3N2/c1-14(2,3)12-9(7-19)8-20-13-10(12)5-4-6-11(13)15(16,17)18/h4-6,8H,1-3H3. The van der Waals surface area contributed by atoms with Crippen molar-refractivity contribution in [3.05, 3.63) is 41.1 Å². The number of alkyl halides is 3. The lowest BCUT2D eigenvalue weighted by Crippen LogP contribution is -2.16. The Bertz CT molecular complexity index is 704. The molecule has 0 aliphatic rings. The Morgan fingerprint density at radius 2 is 1.80 bits per heavy atom. The highest BCUT2D eigenvalue weighted by Crippen LogP contribution is 2.38. The van der Waals surface area contributed by atoms with E-state index in [-0.39, 0.29) is 5.52 Å². The molecular formula is C15H13F3N2. The second-order valence-corrected chi connectivity index (χ2v) is 5.61. The quantitative estimate of drug-likeness (QED) is 0.715. The number of aromatic nitrogens is 1. The molecule has 1 aromatic heterocycles. The van der Waals surface area contributed by atoms with E-state index < -0.39 is 17.2 Å². The molecule has 0 aliphatic heterocycles. The van der Waals surface area contributed by atoms with Gasteiger partial charge in [0, 0.05) is 11.6 Å². The summed E-state index contributed by atoms with van der Waals surface area (Å²) in [5, 5.41) is 9.54. The molecule has 0 N–H and O–H groups in total. The van der Waals surface area contributed by atoms with E-state index >= 15 is 0 Å². The first-order valence-corrected chi connectivity index (χ1v) is 6.06. The van der Waals surface area contributed by atoms with Crippen LogP contribution in [0.25, 0.3) is 10.9 Å². The Balaban J connectivity index is 2.95. The minimum Gasteiger partial charge on any atom is -0.254 e. The van der Waals surface area contributed by atoms with Crippen LogP contribution in [0.4, 0.5) is 13.2 Å². The lowest BCUT2D eigenvalue weighted by molar-refractivity contribution is -0.136. The van der Waals surface area contributed by atoms with Crippen LogP contribution in [-0.2, 0) is 11.6 Å². The minimum atomic E-state index is -4.46. The van der Waals surface area contributed by atoms with Gasteiger partial charge in [-0.25, -0.2) is 0 Å². The molecule has 0 amide bonds. The summed E-state index contributed by atoms with van der Waals surface area (Å²) in [6, 6.07) is 5.95. The highest BCUT2D eigenvalue weighted by Gasteiger charge is 2.34. The van der Waals surface area contributed by atoms with E-state index in [0.717, 1.165) is 6.07 Å². The Morgan fingerprint density at radius 3 is 2.30 bits per heavy atom. The number of hydrogen-bond acceptors (Lipinski definition) is 2. The summed E-state index contributed by atoms with van der Waals surface area (Å²) in [5.41, 5.74) is -0.425. The highest BCUT2D eigenvalue weighted by atomic mass is 19.4. The Hall–Kier alpha value is -2.09. The fraction of sp³-hybridized carbons (Fsp3) is 0.333. The molecule has 20 heavy (non-hydrogen) atoms. The molecule has 0 atom stereocenters. The number of nitriles is 1. The average molecular weight is 278 g/mol. The van der Waals surface area contributed by atoms with Crippen molar-refractivity contribution in [1.82, 2.24) is 4.98 Å². The van der Waals surface area contributed by atoms with Crippen molar-refractivity contribution in [3.63, 3.8) is 0 Å². The van der Waals surface area contributed by atoms with Crippen LogP contribution in [0.5, 0.6) is 0 Å². The lowest BCUT2D eigenvalue weighted by atomic mass is 9.82. The number of fused-ring (bicyclic) bond motifs is 1. The van der Waals surface area contributed by atoms with Gasteiger partial charge in [0.05, 0.1) is 16.6 Å². The van der Waals surface area contributed by atoms with Crippen molar-refractivity contribution in [2.45, 2.75) is 32.4 Å². The Morgan fingerprint density at radius 1 is 1.15 bits per heavy atom. The zero-order valence-corrected chi connectivity index (χ0v) is 11.3. The van der Waals surface area contributed by atoms with Gasteiger partial charge in [-0.1, -0.05) is 32.9 Å². The molecule has 2 nitrogen and oxygen atoms in total. The van der Waals surface area contributed by atoms with Crippen molar-refractivity contribution < 1.29 is 13.2 Å². The highest BCUT2D eigenvalue weighted by molar-refractivity contribution is 5.88. The van der Waals surface area contributed by atoms with E-state index in [0.29, 0.717) is 16.5 Å². The van der Waals surface area contributed by atoms with E-state index in [1.165, 1.54) is 12.3 Å². The first kappa shape index (κ1) is 14.3. The maximum absolute atomic E-state index is 13.0. The summed E-state index contributed by atoms with van der Waals surface area (Å²) in [6.07, 6.45) is -3.24. The average Bonchev–Trinajstić information content (AvgIpc) is 2.34. The minimum absolute atomic E-state index is 0.107. The molecule has 1 aromatic carbocycles. The molecule has 0 bridgehead atoms. The molecule has 104 valence electrons. The van der Waals surface area contributed by atoms with Crippen molar-refractivity contribution in [3.8, 4) is 6.07 Å². The van der Waals surface area contributed by atoms with Crippen molar-refractivity contribution in [2.24, 2.45) is 0 Å². The monoisotopic (exact) mass is 278 g/mol. The molecule has 0 saturated heterocycles. The van der Waals surface area contributed by atoms with Gasteiger partial charge in [-0.05, 0) is 17.0 Å². The molecule has 0 saturated carbocycles. The van der Waals surface area contributed by atoms with Crippen LogP contribution in [0.3, 0.4) is 0 Å². The molecule has 0 unspecified atom stereocenters. The maximum Gasteiger partial charge on any atom is 0.418 e. The largest absolute Gasteiger partial charge is 0.418 e. The zero-order valence-electron chi connectivity index (χ0n) is 11.3. The predicted octanol–water partition coefficient (Wildman–Crippen LogP) is 4.42. The molecule has 1 heterocycles. The number of hydrogen-bond donors (Lipinski definition) is 0.